The lowest BCUT2D eigenvalue weighted by Crippen LogP contribution is -2.52. The number of benzene rings is 1. The molecule has 2 saturated heterocycles. The molecule has 2 aliphatic rings. The third-order valence-electron chi connectivity index (χ3n) is 5.28. The first-order chi connectivity index (χ1) is 12.1. The van der Waals surface area contributed by atoms with Crippen molar-refractivity contribution in [3.63, 3.8) is 0 Å². The predicted molar refractivity (Wildman–Crippen MR) is 98.6 cm³/mol. The third-order valence-corrected chi connectivity index (χ3v) is 5.28. The maximum absolute atomic E-state index is 12.7. The molecule has 136 valence electrons. The molecule has 2 unspecified atom stereocenters. The number of amides is 3. The lowest BCUT2D eigenvalue weighted by Gasteiger charge is -2.38. The third kappa shape index (κ3) is 4.44. The van der Waals surface area contributed by atoms with Crippen LogP contribution in [0.1, 0.15) is 25.7 Å². The van der Waals surface area contributed by atoms with Crippen LogP contribution in [-0.4, -0.2) is 56.1 Å². The molecular formula is C19H28N4O2. The number of piperidine rings is 1. The number of hydrogen-bond acceptors (Lipinski definition) is 3. The molecule has 6 heteroatoms. The van der Waals surface area contributed by atoms with Crippen molar-refractivity contribution >= 4 is 17.6 Å². The minimum Gasteiger partial charge on any atom is -0.373 e. The Morgan fingerprint density at radius 1 is 1.32 bits per heavy atom. The summed E-state index contributed by atoms with van der Waals surface area (Å²) in [7, 11) is 2.03. The fourth-order valence-corrected chi connectivity index (χ4v) is 3.84. The fourth-order valence-electron chi connectivity index (χ4n) is 3.84. The molecule has 0 spiro atoms. The summed E-state index contributed by atoms with van der Waals surface area (Å²) < 4.78 is 0. The minimum atomic E-state index is 0.00510. The van der Waals surface area contributed by atoms with E-state index in [2.05, 4.69) is 27.7 Å². The summed E-state index contributed by atoms with van der Waals surface area (Å²) in [6.45, 7) is 2.85. The highest BCUT2D eigenvalue weighted by atomic mass is 16.2. The van der Waals surface area contributed by atoms with Gasteiger partial charge in [0.25, 0.3) is 0 Å². The highest BCUT2D eigenvalue weighted by Gasteiger charge is 2.36. The number of hydrogen-bond donors (Lipinski definition) is 2. The number of likely N-dealkylation sites (tertiary alicyclic amines) is 1. The van der Waals surface area contributed by atoms with Gasteiger partial charge in [0, 0.05) is 57.3 Å². The smallest absolute Gasteiger partial charge is 0.317 e. The van der Waals surface area contributed by atoms with E-state index in [0.717, 1.165) is 38.0 Å². The second-order valence-electron chi connectivity index (χ2n) is 7.01. The van der Waals surface area contributed by atoms with Crippen LogP contribution in [0.3, 0.4) is 0 Å². The minimum absolute atomic E-state index is 0.00510. The van der Waals surface area contributed by atoms with Gasteiger partial charge < -0.3 is 20.4 Å². The van der Waals surface area contributed by atoms with Crippen molar-refractivity contribution in [1.82, 2.24) is 15.5 Å². The molecule has 2 atom stereocenters. The van der Waals surface area contributed by atoms with E-state index in [1.807, 2.05) is 30.1 Å². The van der Waals surface area contributed by atoms with E-state index in [4.69, 9.17) is 0 Å². The quantitative estimate of drug-likeness (QED) is 0.856. The Balaban J connectivity index is 1.50. The second kappa shape index (κ2) is 8.23. The van der Waals surface area contributed by atoms with E-state index in [-0.39, 0.29) is 23.9 Å². The number of rotatable bonds is 5. The highest BCUT2D eigenvalue weighted by Crippen LogP contribution is 2.27. The van der Waals surface area contributed by atoms with Gasteiger partial charge in [0.2, 0.25) is 5.91 Å². The standard InChI is InChI=1S/C19H28N4O2/c1-22(16-7-3-2-4-8-16)12-10-20-19(25)23-11-6-5-9-17(23)15-13-18(24)21-14-15/h2-4,7-8,15,17H,5-6,9-14H2,1H3,(H,20,25)(H,21,24). The van der Waals surface area contributed by atoms with Gasteiger partial charge in [0.1, 0.15) is 0 Å². The summed E-state index contributed by atoms with van der Waals surface area (Å²) in [4.78, 5) is 28.3. The zero-order valence-electron chi connectivity index (χ0n) is 14.9. The van der Waals surface area contributed by atoms with Crippen molar-refractivity contribution in [2.45, 2.75) is 31.7 Å². The van der Waals surface area contributed by atoms with Crippen LogP contribution in [-0.2, 0) is 4.79 Å². The van der Waals surface area contributed by atoms with Crippen LogP contribution >= 0.6 is 0 Å². The molecule has 1 aromatic rings. The van der Waals surface area contributed by atoms with E-state index in [1.165, 1.54) is 0 Å². The van der Waals surface area contributed by atoms with Gasteiger partial charge in [-0.2, -0.15) is 0 Å². The lowest BCUT2D eigenvalue weighted by atomic mass is 9.90. The number of carbonyl (C=O) groups is 2. The van der Waals surface area contributed by atoms with Gasteiger partial charge in [-0.05, 0) is 31.4 Å². The number of nitrogens with one attached hydrogen (secondary N) is 2. The van der Waals surface area contributed by atoms with E-state index in [9.17, 15) is 9.59 Å². The van der Waals surface area contributed by atoms with Crippen molar-refractivity contribution in [2.24, 2.45) is 5.92 Å². The van der Waals surface area contributed by atoms with Gasteiger partial charge in [-0.25, -0.2) is 4.79 Å². The zero-order valence-corrected chi connectivity index (χ0v) is 14.9. The molecule has 6 nitrogen and oxygen atoms in total. The van der Waals surface area contributed by atoms with Gasteiger partial charge in [-0.15, -0.1) is 0 Å². The summed E-state index contributed by atoms with van der Waals surface area (Å²) in [5.41, 5.74) is 1.14. The fraction of sp³-hybridized carbons (Fsp3) is 0.579. The first-order valence-electron chi connectivity index (χ1n) is 9.22. The molecule has 2 N–H and O–H groups in total. The van der Waals surface area contributed by atoms with Crippen LogP contribution in [0, 0.1) is 5.92 Å². The number of para-hydroxylation sites is 1. The zero-order chi connectivity index (χ0) is 17.6. The Hall–Kier alpha value is -2.24. The Kier molecular flexibility index (Phi) is 5.79. The number of carbonyl (C=O) groups excluding carboxylic acids is 2. The van der Waals surface area contributed by atoms with E-state index < -0.39 is 0 Å². The molecule has 1 aromatic carbocycles. The van der Waals surface area contributed by atoms with Crippen LogP contribution in [0.25, 0.3) is 0 Å². The first-order valence-corrected chi connectivity index (χ1v) is 9.22. The highest BCUT2D eigenvalue weighted by molar-refractivity contribution is 5.79. The van der Waals surface area contributed by atoms with Gasteiger partial charge in [-0.1, -0.05) is 18.2 Å². The van der Waals surface area contributed by atoms with Crippen LogP contribution in [0.2, 0.25) is 0 Å². The SMILES string of the molecule is CN(CCNC(=O)N1CCCCC1C1CNC(=O)C1)c1ccccc1. The Morgan fingerprint density at radius 2 is 2.12 bits per heavy atom. The van der Waals surface area contributed by atoms with Gasteiger partial charge >= 0.3 is 6.03 Å². The Bertz CT molecular complexity index is 592. The molecule has 2 heterocycles. The molecular weight excluding hydrogens is 316 g/mol. The average molecular weight is 344 g/mol. The largest absolute Gasteiger partial charge is 0.373 e. The van der Waals surface area contributed by atoms with Crippen molar-refractivity contribution in [3.8, 4) is 0 Å². The van der Waals surface area contributed by atoms with Gasteiger partial charge in [0.15, 0.2) is 0 Å². The maximum Gasteiger partial charge on any atom is 0.317 e. The summed E-state index contributed by atoms with van der Waals surface area (Å²) in [5, 5.41) is 5.96. The van der Waals surface area contributed by atoms with Gasteiger partial charge in [0.05, 0.1) is 0 Å². The molecule has 3 amide bonds. The molecule has 25 heavy (non-hydrogen) atoms. The molecule has 0 aliphatic carbocycles. The van der Waals surface area contributed by atoms with Crippen LogP contribution in [0.4, 0.5) is 10.5 Å². The molecule has 0 aromatic heterocycles. The second-order valence-corrected chi connectivity index (χ2v) is 7.01. The van der Waals surface area contributed by atoms with Crippen LogP contribution < -0.4 is 15.5 Å². The van der Waals surface area contributed by atoms with Crippen molar-refractivity contribution in [3.05, 3.63) is 30.3 Å². The van der Waals surface area contributed by atoms with E-state index in [0.29, 0.717) is 19.5 Å². The van der Waals surface area contributed by atoms with Crippen LogP contribution in [0.5, 0.6) is 0 Å². The number of urea groups is 1. The Labute approximate surface area is 149 Å². The molecule has 3 rings (SSSR count). The molecule has 0 radical (unpaired) electrons. The van der Waals surface area contributed by atoms with E-state index in [1.54, 1.807) is 0 Å². The van der Waals surface area contributed by atoms with Crippen molar-refractivity contribution in [2.75, 3.05) is 38.1 Å². The van der Waals surface area contributed by atoms with Crippen molar-refractivity contribution < 1.29 is 9.59 Å². The molecule has 2 fully saturated rings. The summed E-state index contributed by atoms with van der Waals surface area (Å²) in [6.07, 6.45) is 3.72. The normalized spacial score (nSPS) is 23.2. The molecule has 0 saturated carbocycles. The molecule has 2 aliphatic heterocycles. The topological polar surface area (TPSA) is 64.7 Å². The number of anilines is 1. The number of nitrogens with zero attached hydrogens (tertiary/aromatic N) is 2. The first kappa shape index (κ1) is 17.6. The lowest BCUT2D eigenvalue weighted by molar-refractivity contribution is -0.119. The van der Waals surface area contributed by atoms with Crippen LogP contribution in [0.15, 0.2) is 30.3 Å². The summed E-state index contributed by atoms with van der Waals surface area (Å²) in [6, 6.07) is 10.3. The average Bonchev–Trinajstić information content (AvgIpc) is 3.08. The monoisotopic (exact) mass is 344 g/mol. The van der Waals surface area contributed by atoms with E-state index >= 15 is 0 Å². The predicted octanol–water partition coefficient (Wildman–Crippen LogP) is 1.82. The maximum atomic E-state index is 12.7. The Morgan fingerprint density at radius 3 is 2.84 bits per heavy atom. The van der Waals surface area contributed by atoms with Crippen molar-refractivity contribution in [1.29, 1.82) is 0 Å². The molecule has 0 bridgehead atoms. The number of likely N-dealkylation sites (N-methyl/N-ethyl adjacent to an activating group) is 1. The summed E-state index contributed by atoms with van der Waals surface area (Å²) in [5.74, 6) is 0.367. The van der Waals surface area contributed by atoms with Gasteiger partial charge in [-0.3, -0.25) is 4.79 Å². The summed E-state index contributed by atoms with van der Waals surface area (Å²) >= 11 is 0.